The average molecular weight is 270 g/mol. The summed E-state index contributed by atoms with van der Waals surface area (Å²) < 4.78 is 46.7. The number of nitrogens with zero attached hydrogens (tertiary/aromatic N) is 2. The number of primary sulfonamides is 1. The highest BCUT2D eigenvalue weighted by Crippen LogP contribution is 2.28. The predicted molar refractivity (Wildman–Crippen MR) is 71.5 cm³/mol. The summed E-state index contributed by atoms with van der Waals surface area (Å²) in [6.45, 7) is -0.550. The van der Waals surface area contributed by atoms with Gasteiger partial charge in [-0.05, 0) is 18.1 Å². The Morgan fingerprint density at radius 2 is 2.33 bits per heavy atom. The van der Waals surface area contributed by atoms with Crippen molar-refractivity contribution in [3.05, 3.63) is 30.0 Å². The van der Waals surface area contributed by atoms with Crippen molar-refractivity contribution in [1.29, 1.82) is 0 Å². The van der Waals surface area contributed by atoms with Crippen LogP contribution in [0.15, 0.2) is 24.4 Å². The zero-order valence-electron chi connectivity index (χ0n) is 13.0. The van der Waals surface area contributed by atoms with Crippen LogP contribution in [0.1, 0.15) is 34.7 Å². The number of hydrogen-bond donors (Lipinski definition) is 1. The molecular weight excluding hydrogens is 250 g/mol. The van der Waals surface area contributed by atoms with Gasteiger partial charge in [0.1, 0.15) is 5.25 Å². The maximum absolute atomic E-state index is 11.7. The van der Waals surface area contributed by atoms with Crippen molar-refractivity contribution in [1.82, 2.24) is 9.78 Å². The third-order valence-corrected chi connectivity index (χ3v) is 4.22. The van der Waals surface area contributed by atoms with Crippen LogP contribution in [0.4, 0.5) is 0 Å². The molecule has 1 unspecified atom stereocenters. The maximum atomic E-state index is 11.7. The number of fused-ring (bicyclic) bond motifs is 1. The van der Waals surface area contributed by atoms with E-state index in [1.807, 2.05) is 6.92 Å². The van der Waals surface area contributed by atoms with Crippen molar-refractivity contribution in [3.8, 4) is 0 Å². The Hall–Kier alpha value is -1.40. The van der Waals surface area contributed by atoms with Gasteiger partial charge in [-0.1, -0.05) is 25.5 Å². The van der Waals surface area contributed by atoms with Crippen LogP contribution in [0, 0.1) is 0 Å². The van der Waals surface area contributed by atoms with Gasteiger partial charge in [-0.25, -0.2) is 13.6 Å². The molecule has 0 saturated heterocycles. The lowest BCUT2D eigenvalue weighted by Gasteiger charge is -2.14. The number of benzene rings is 1. The Bertz CT molecular complexity index is 753. The number of aryl methyl sites for hydroxylation is 1. The van der Waals surface area contributed by atoms with E-state index in [-0.39, 0.29) is 0 Å². The molecule has 0 spiro atoms. The minimum absolute atomic E-state index is 0.372. The summed E-state index contributed by atoms with van der Waals surface area (Å²) in [5, 5.41) is 8.93. The van der Waals surface area contributed by atoms with Crippen LogP contribution in [0.2, 0.25) is 0 Å². The average Bonchev–Trinajstić information content (AvgIpc) is 2.76. The predicted octanol–water partition coefficient (Wildman–Crippen LogP) is 1.70. The SMILES string of the molecule is [2H]C([2H])([2H])n1ncc2ccc(C(CCC)S(N)(=O)=O)cc21. The molecule has 0 aliphatic carbocycles. The van der Waals surface area contributed by atoms with Crippen LogP contribution in [-0.4, -0.2) is 18.2 Å². The number of nitrogens with two attached hydrogens (primary N) is 1. The van der Waals surface area contributed by atoms with Gasteiger partial charge in [-0.2, -0.15) is 5.10 Å². The van der Waals surface area contributed by atoms with Crippen molar-refractivity contribution in [3.63, 3.8) is 0 Å². The fourth-order valence-corrected chi connectivity index (χ4v) is 3.11. The van der Waals surface area contributed by atoms with Crippen LogP contribution >= 0.6 is 0 Å². The molecule has 5 nitrogen and oxygen atoms in total. The highest BCUT2D eigenvalue weighted by atomic mass is 32.2. The summed E-state index contributed by atoms with van der Waals surface area (Å²) in [6.07, 6.45) is 2.47. The van der Waals surface area contributed by atoms with E-state index in [9.17, 15) is 8.42 Å². The van der Waals surface area contributed by atoms with Gasteiger partial charge < -0.3 is 0 Å². The Balaban J connectivity index is 2.60. The second-order valence-corrected chi connectivity index (χ2v) is 5.99. The van der Waals surface area contributed by atoms with E-state index in [1.165, 1.54) is 6.20 Å². The van der Waals surface area contributed by atoms with E-state index in [4.69, 9.17) is 9.25 Å². The van der Waals surface area contributed by atoms with Gasteiger partial charge >= 0.3 is 0 Å². The highest BCUT2D eigenvalue weighted by molar-refractivity contribution is 7.89. The molecule has 0 amide bonds. The summed E-state index contributed by atoms with van der Waals surface area (Å²) >= 11 is 0. The van der Waals surface area contributed by atoms with Gasteiger partial charge in [-0.3, -0.25) is 4.68 Å². The summed E-state index contributed by atoms with van der Waals surface area (Å²) in [5.74, 6) is 0. The second-order valence-electron chi connectivity index (χ2n) is 4.24. The zero-order valence-corrected chi connectivity index (χ0v) is 10.8. The van der Waals surface area contributed by atoms with Gasteiger partial charge in [0.2, 0.25) is 10.0 Å². The van der Waals surface area contributed by atoms with E-state index >= 15 is 0 Å². The van der Waals surface area contributed by atoms with E-state index in [0.29, 0.717) is 29.3 Å². The molecule has 2 rings (SSSR count). The molecule has 6 heteroatoms. The smallest absolute Gasteiger partial charge is 0.216 e. The van der Waals surface area contributed by atoms with Crippen LogP contribution < -0.4 is 5.14 Å². The molecule has 1 atom stereocenters. The summed E-state index contributed by atoms with van der Waals surface area (Å²) in [7, 11) is -3.75. The number of sulfonamides is 1. The monoisotopic (exact) mass is 270 g/mol. The topological polar surface area (TPSA) is 78.0 Å². The van der Waals surface area contributed by atoms with Gasteiger partial charge in [0, 0.05) is 16.5 Å². The molecule has 2 aromatic rings. The molecule has 0 fully saturated rings. The van der Waals surface area contributed by atoms with E-state index < -0.39 is 22.2 Å². The molecule has 1 aromatic heterocycles. The normalized spacial score (nSPS) is 17.1. The van der Waals surface area contributed by atoms with Crippen LogP contribution in [0.3, 0.4) is 0 Å². The third-order valence-electron chi connectivity index (χ3n) is 2.91. The van der Waals surface area contributed by atoms with E-state index in [0.717, 1.165) is 4.68 Å². The van der Waals surface area contributed by atoms with E-state index in [2.05, 4.69) is 5.10 Å². The fraction of sp³-hybridized carbons (Fsp3) is 0.417. The first-order valence-corrected chi connectivity index (χ1v) is 7.25. The standard InChI is InChI=1S/C12H17N3O2S/c1-3-4-12(18(13,16)17)9-5-6-10-8-14-15(2)11(10)7-9/h5-8,12H,3-4H2,1-2H3,(H2,13,16,17)/i2D3. The molecule has 0 bridgehead atoms. The molecule has 0 aliphatic rings. The first-order chi connectivity index (χ1) is 9.64. The largest absolute Gasteiger partial charge is 0.268 e. The van der Waals surface area contributed by atoms with Gasteiger partial charge in [0.25, 0.3) is 0 Å². The molecule has 2 N–H and O–H groups in total. The van der Waals surface area contributed by atoms with Gasteiger partial charge in [0.05, 0.1) is 11.7 Å². The molecule has 0 saturated carbocycles. The van der Waals surface area contributed by atoms with Crippen molar-refractivity contribution >= 4 is 20.9 Å². The molecule has 1 heterocycles. The van der Waals surface area contributed by atoms with Gasteiger partial charge in [0.15, 0.2) is 0 Å². The molecule has 18 heavy (non-hydrogen) atoms. The number of rotatable bonds is 4. The van der Waals surface area contributed by atoms with Crippen molar-refractivity contribution in [2.75, 3.05) is 0 Å². The maximum Gasteiger partial charge on any atom is 0.216 e. The Morgan fingerprint density at radius 3 is 2.94 bits per heavy atom. The van der Waals surface area contributed by atoms with Crippen molar-refractivity contribution in [2.45, 2.75) is 25.0 Å². The minimum atomic E-state index is -3.75. The molecule has 0 aliphatic heterocycles. The molecule has 1 aromatic carbocycles. The lowest BCUT2D eigenvalue weighted by Crippen LogP contribution is -2.21. The van der Waals surface area contributed by atoms with Crippen LogP contribution in [0.25, 0.3) is 10.9 Å². The van der Waals surface area contributed by atoms with Gasteiger partial charge in [-0.15, -0.1) is 0 Å². The van der Waals surface area contributed by atoms with Crippen LogP contribution in [-0.2, 0) is 17.0 Å². The first-order valence-electron chi connectivity index (χ1n) is 7.14. The second kappa shape index (κ2) is 4.70. The fourth-order valence-electron chi connectivity index (χ4n) is 2.02. The molecular formula is C12H17N3O2S. The zero-order chi connectivity index (χ0) is 15.8. The first kappa shape index (κ1) is 9.52. The third kappa shape index (κ3) is 2.39. The Kier molecular flexibility index (Phi) is 2.49. The molecule has 0 radical (unpaired) electrons. The molecule has 98 valence electrons. The highest BCUT2D eigenvalue weighted by Gasteiger charge is 2.23. The number of hydrogen-bond acceptors (Lipinski definition) is 3. The van der Waals surface area contributed by atoms with E-state index in [1.54, 1.807) is 18.2 Å². The lowest BCUT2D eigenvalue weighted by atomic mass is 10.1. The Labute approximate surface area is 111 Å². The van der Waals surface area contributed by atoms with Crippen LogP contribution in [0.5, 0.6) is 0 Å². The summed E-state index contributed by atoms with van der Waals surface area (Å²) in [4.78, 5) is 0. The number of aromatic nitrogens is 2. The minimum Gasteiger partial charge on any atom is -0.268 e. The van der Waals surface area contributed by atoms with Crippen molar-refractivity contribution < 1.29 is 12.5 Å². The quantitative estimate of drug-likeness (QED) is 0.918. The summed E-state index contributed by atoms with van der Waals surface area (Å²) in [6, 6.07) is 4.85. The van der Waals surface area contributed by atoms with Crippen molar-refractivity contribution in [2.24, 2.45) is 12.1 Å². The lowest BCUT2D eigenvalue weighted by molar-refractivity contribution is 0.575. The summed E-state index contributed by atoms with van der Waals surface area (Å²) in [5.41, 5.74) is 0.857. The Morgan fingerprint density at radius 1 is 1.56 bits per heavy atom.